The number of nitrogens with zero attached hydrogens (tertiary/aromatic N) is 3. The predicted octanol–water partition coefficient (Wildman–Crippen LogP) is 3.21. The summed E-state index contributed by atoms with van der Waals surface area (Å²) in [7, 11) is 0. The Morgan fingerprint density at radius 3 is 2.78 bits per heavy atom. The number of hydrogen-bond acceptors (Lipinski definition) is 6. The molecule has 9 nitrogen and oxygen atoms in total. The van der Waals surface area contributed by atoms with Crippen molar-refractivity contribution < 1.29 is 23.1 Å². The van der Waals surface area contributed by atoms with E-state index in [2.05, 4.69) is 20.0 Å². The number of nitrogens with two attached hydrogens (primary N) is 1. The molecular formula is C20H22F2N6O3S. The van der Waals surface area contributed by atoms with Gasteiger partial charge in [0, 0.05) is 31.0 Å². The molecule has 32 heavy (non-hydrogen) atoms. The van der Waals surface area contributed by atoms with Gasteiger partial charge in [-0.2, -0.15) is 4.37 Å². The molecule has 3 amide bonds. The maximum Gasteiger partial charge on any atom is 0.319 e. The van der Waals surface area contributed by atoms with Gasteiger partial charge in [0.1, 0.15) is 28.8 Å². The molecule has 0 bridgehead atoms. The molecule has 170 valence electrons. The van der Waals surface area contributed by atoms with Gasteiger partial charge >= 0.3 is 6.03 Å². The van der Waals surface area contributed by atoms with E-state index in [4.69, 9.17) is 10.5 Å². The summed E-state index contributed by atoms with van der Waals surface area (Å²) >= 11 is 0.794. The number of rotatable bonds is 10. The van der Waals surface area contributed by atoms with Crippen LogP contribution in [-0.2, 0) is 13.2 Å². The number of aryl methyl sites for hydroxylation is 2. The normalized spacial score (nSPS) is 10.7. The standard InChI is InChI=1S/C20H22F2N6O3S/c1-12-8-15(22)13(9-14(12)21)10-31-18-16(17(23)29)19(32-27-18)26-20(30)25-4-2-3-6-28-7-5-24-11-28/h5,7-9,11H,2-4,6,10H2,1H3,(H2,23,29)(H2,25,26,30). The molecule has 4 N–H and O–H groups in total. The van der Waals surface area contributed by atoms with Crippen LogP contribution < -0.4 is 21.1 Å². The van der Waals surface area contributed by atoms with Gasteiger partial charge in [-0.1, -0.05) is 0 Å². The number of nitrogens with one attached hydrogen (secondary N) is 2. The summed E-state index contributed by atoms with van der Waals surface area (Å²) in [5.41, 5.74) is 5.38. The molecule has 3 rings (SSSR count). The van der Waals surface area contributed by atoms with Gasteiger partial charge in [0.05, 0.1) is 6.33 Å². The molecule has 2 aromatic heterocycles. The van der Waals surface area contributed by atoms with E-state index in [-0.39, 0.29) is 34.2 Å². The first-order chi connectivity index (χ1) is 15.3. The maximum atomic E-state index is 14.0. The second-order valence-electron chi connectivity index (χ2n) is 6.93. The van der Waals surface area contributed by atoms with Gasteiger partial charge in [-0.3, -0.25) is 10.1 Å². The fraction of sp³-hybridized carbons (Fsp3) is 0.300. The average molecular weight is 464 g/mol. The van der Waals surface area contributed by atoms with E-state index >= 15 is 0 Å². The van der Waals surface area contributed by atoms with Gasteiger partial charge in [0.2, 0.25) is 5.88 Å². The highest BCUT2D eigenvalue weighted by molar-refractivity contribution is 7.11. The molecule has 0 atom stereocenters. The van der Waals surface area contributed by atoms with E-state index in [0.29, 0.717) is 6.54 Å². The number of imidazole rings is 1. The summed E-state index contributed by atoms with van der Waals surface area (Å²) in [6.07, 6.45) is 6.86. The number of hydrogen-bond donors (Lipinski definition) is 3. The molecule has 0 saturated carbocycles. The molecule has 12 heteroatoms. The van der Waals surface area contributed by atoms with E-state index in [1.54, 1.807) is 12.5 Å². The molecule has 3 aromatic rings. The van der Waals surface area contributed by atoms with Gasteiger partial charge < -0.3 is 20.4 Å². The lowest BCUT2D eigenvalue weighted by molar-refractivity contribution is 0.0996. The Bertz CT molecular complexity index is 1090. The van der Waals surface area contributed by atoms with Crippen molar-refractivity contribution in [3.05, 3.63) is 59.2 Å². The highest BCUT2D eigenvalue weighted by atomic mass is 32.1. The number of unbranched alkanes of at least 4 members (excludes halogenated alkanes) is 1. The Labute approximate surface area is 186 Å². The summed E-state index contributed by atoms with van der Waals surface area (Å²) in [5.74, 6) is -2.27. The molecule has 0 aliphatic rings. The molecule has 0 saturated heterocycles. The second-order valence-corrected chi connectivity index (χ2v) is 7.70. The van der Waals surface area contributed by atoms with Crippen molar-refractivity contribution in [2.45, 2.75) is 32.9 Å². The van der Waals surface area contributed by atoms with Crippen LogP contribution in [0.5, 0.6) is 5.88 Å². The van der Waals surface area contributed by atoms with E-state index in [0.717, 1.165) is 43.1 Å². The van der Waals surface area contributed by atoms with E-state index in [1.165, 1.54) is 6.92 Å². The fourth-order valence-electron chi connectivity index (χ4n) is 2.81. The number of halogens is 2. The van der Waals surface area contributed by atoms with Crippen molar-refractivity contribution >= 4 is 28.5 Å². The largest absolute Gasteiger partial charge is 0.471 e. The van der Waals surface area contributed by atoms with Crippen LogP contribution in [0.15, 0.2) is 30.9 Å². The summed E-state index contributed by atoms with van der Waals surface area (Å²) in [4.78, 5) is 28.0. The van der Waals surface area contributed by atoms with Crippen molar-refractivity contribution in [2.75, 3.05) is 11.9 Å². The van der Waals surface area contributed by atoms with Crippen molar-refractivity contribution in [1.29, 1.82) is 0 Å². The van der Waals surface area contributed by atoms with Gasteiger partial charge in [0.15, 0.2) is 0 Å². The minimum Gasteiger partial charge on any atom is -0.471 e. The zero-order chi connectivity index (χ0) is 23.1. The van der Waals surface area contributed by atoms with Crippen molar-refractivity contribution in [3.8, 4) is 5.88 Å². The van der Waals surface area contributed by atoms with Gasteiger partial charge in [-0.15, -0.1) is 0 Å². The highest BCUT2D eigenvalue weighted by Gasteiger charge is 2.22. The number of aromatic nitrogens is 3. The smallest absolute Gasteiger partial charge is 0.319 e. The lowest BCUT2D eigenvalue weighted by atomic mass is 10.1. The van der Waals surface area contributed by atoms with Crippen LogP contribution in [0.1, 0.15) is 34.3 Å². The second kappa shape index (κ2) is 10.7. The van der Waals surface area contributed by atoms with Crippen molar-refractivity contribution in [1.82, 2.24) is 19.2 Å². The summed E-state index contributed by atoms with van der Waals surface area (Å²) in [6, 6.07) is 1.54. The first-order valence-corrected chi connectivity index (χ1v) is 10.5. The number of carbonyl (C=O) groups excluding carboxylic acids is 2. The van der Waals surface area contributed by atoms with Crippen LogP contribution in [0, 0.1) is 18.6 Å². The average Bonchev–Trinajstić information content (AvgIpc) is 3.39. The molecule has 0 spiro atoms. The molecule has 0 aliphatic heterocycles. The topological polar surface area (TPSA) is 124 Å². The Balaban J connectivity index is 1.54. The lowest BCUT2D eigenvalue weighted by Crippen LogP contribution is -2.30. The zero-order valence-electron chi connectivity index (χ0n) is 17.2. The SMILES string of the molecule is Cc1cc(F)c(COc2nsc(NC(=O)NCCCCn3ccnc3)c2C(N)=O)cc1F. The monoisotopic (exact) mass is 464 g/mol. The third-order valence-corrected chi connectivity index (χ3v) is 5.26. The Kier molecular flexibility index (Phi) is 7.71. The van der Waals surface area contributed by atoms with E-state index in [9.17, 15) is 18.4 Å². The molecule has 0 aliphatic carbocycles. The quantitative estimate of drug-likeness (QED) is 0.398. The molecule has 0 radical (unpaired) electrons. The molecule has 0 unspecified atom stereocenters. The number of anilines is 1. The number of primary amides is 1. The van der Waals surface area contributed by atoms with Crippen LogP contribution in [0.2, 0.25) is 0 Å². The molecular weight excluding hydrogens is 442 g/mol. The number of ether oxygens (including phenoxy) is 1. The maximum absolute atomic E-state index is 14.0. The number of carbonyl (C=O) groups is 2. The summed E-state index contributed by atoms with van der Waals surface area (Å²) < 4.78 is 39.0. The van der Waals surface area contributed by atoms with Crippen LogP contribution in [0.4, 0.5) is 18.6 Å². The van der Waals surface area contributed by atoms with Gasteiger partial charge in [0.25, 0.3) is 5.91 Å². The van der Waals surface area contributed by atoms with Crippen LogP contribution in [-0.4, -0.2) is 32.4 Å². The Morgan fingerprint density at radius 1 is 1.25 bits per heavy atom. The van der Waals surface area contributed by atoms with Crippen LogP contribution in [0.25, 0.3) is 0 Å². The third kappa shape index (κ3) is 6.00. The third-order valence-electron chi connectivity index (χ3n) is 4.51. The van der Waals surface area contributed by atoms with Gasteiger partial charge in [-0.05, 0) is 49.0 Å². The Hall–Kier alpha value is -3.54. The van der Waals surface area contributed by atoms with Crippen molar-refractivity contribution in [3.63, 3.8) is 0 Å². The zero-order valence-corrected chi connectivity index (χ0v) is 18.0. The van der Waals surface area contributed by atoms with Crippen molar-refractivity contribution in [2.24, 2.45) is 5.73 Å². The fourth-order valence-corrected chi connectivity index (χ4v) is 3.54. The van der Waals surface area contributed by atoms with E-state index < -0.39 is 23.6 Å². The van der Waals surface area contributed by atoms with Gasteiger partial charge in [-0.25, -0.2) is 18.6 Å². The lowest BCUT2D eigenvalue weighted by Gasteiger charge is -2.09. The summed E-state index contributed by atoms with van der Waals surface area (Å²) in [6.45, 7) is 2.29. The molecule has 1 aromatic carbocycles. The summed E-state index contributed by atoms with van der Waals surface area (Å²) in [5, 5.41) is 5.30. The van der Waals surface area contributed by atoms with Crippen LogP contribution >= 0.6 is 11.5 Å². The first kappa shape index (κ1) is 23.1. The minimum absolute atomic E-state index is 0.0422. The Morgan fingerprint density at radius 2 is 2.06 bits per heavy atom. The first-order valence-electron chi connectivity index (χ1n) is 9.72. The van der Waals surface area contributed by atoms with Crippen LogP contribution in [0.3, 0.4) is 0 Å². The van der Waals surface area contributed by atoms with E-state index in [1.807, 2.05) is 10.8 Å². The molecule has 0 fully saturated rings. The minimum atomic E-state index is -0.875. The molecule has 2 heterocycles. The number of urea groups is 1. The predicted molar refractivity (Wildman–Crippen MR) is 115 cm³/mol. The number of benzene rings is 1. The highest BCUT2D eigenvalue weighted by Crippen LogP contribution is 2.31. The number of amides is 3.